The molecule has 0 heterocycles. The van der Waals surface area contributed by atoms with E-state index in [0.717, 1.165) is 12.1 Å². The van der Waals surface area contributed by atoms with Gasteiger partial charge in [0, 0.05) is 6.07 Å². The zero-order valence-corrected chi connectivity index (χ0v) is 8.69. The lowest BCUT2D eigenvalue weighted by molar-refractivity contribution is 0.401. The Morgan fingerprint density at radius 2 is 2.07 bits per heavy atom. The van der Waals surface area contributed by atoms with Crippen LogP contribution in [0.4, 0.5) is 9.57 Å². The minimum absolute atomic E-state index is 0.0398. The van der Waals surface area contributed by atoms with Gasteiger partial charge in [-0.1, -0.05) is 11.6 Å². The Kier molecular flexibility index (Phi) is 2.86. The highest BCUT2D eigenvalue weighted by Crippen LogP contribution is 2.32. The smallest absolute Gasteiger partial charge is 0.335 e. The van der Waals surface area contributed by atoms with Crippen LogP contribution < -0.4 is 10.5 Å². The van der Waals surface area contributed by atoms with Crippen molar-refractivity contribution in [2.45, 2.75) is 4.90 Å². The van der Waals surface area contributed by atoms with Crippen molar-refractivity contribution in [3.8, 4) is 5.75 Å². The Labute approximate surface area is 85.6 Å². The van der Waals surface area contributed by atoms with Gasteiger partial charge in [0.25, 0.3) is 0 Å². The normalized spacial score (nSPS) is 11.4. The van der Waals surface area contributed by atoms with Crippen molar-refractivity contribution in [3.63, 3.8) is 0 Å². The van der Waals surface area contributed by atoms with E-state index in [0.29, 0.717) is 0 Å². The lowest BCUT2D eigenvalue weighted by Crippen LogP contribution is -1.99. The molecule has 0 aromatic heterocycles. The molecule has 1 rings (SSSR count). The molecule has 0 aliphatic carbocycles. The monoisotopic (exact) mass is 239 g/mol. The van der Waals surface area contributed by atoms with Crippen molar-refractivity contribution in [2.75, 3.05) is 12.8 Å². The van der Waals surface area contributed by atoms with E-state index in [9.17, 15) is 12.3 Å². The van der Waals surface area contributed by atoms with E-state index in [1.807, 2.05) is 0 Å². The molecular formula is C7H7ClFNO3S. The lowest BCUT2D eigenvalue weighted by atomic mass is 10.3. The number of anilines is 1. The number of benzene rings is 1. The van der Waals surface area contributed by atoms with Crippen molar-refractivity contribution in [3.05, 3.63) is 17.2 Å². The van der Waals surface area contributed by atoms with Crippen molar-refractivity contribution >= 4 is 27.5 Å². The standard InChI is InChI=1S/C7H7ClFNO3S/c1-13-6-3-5(10)4(8)2-7(6)14(9,11)12/h2-3H,10H2,1H3. The van der Waals surface area contributed by atoms with Gasteiger partial charge in [0.15, 0.2) is 0 Å². The average molecular weight is 240 g/mol. The summed E-state index contributed by atoms with van der Waals surface area (Å²) in [6.45, 7) is 0. The third kappa shape index (κ3) is 2.08. The molecule has 14 heavy (non-hydrogen) atoms. The quantitative estimate of drug-likeness (QED) is 0.629. The first-order valence-electron chi connectivity index (χ1n) is 3.44. The van der Waals surface area contributed by atoms with Gasteiger partial charge in [-0.25, -0.2) is 0 Å². The van der Waals surface area contributed by atoms with Gasteiger partial charge in [0.1, 0.15) is 10.6 Å². The molecule has 7 heteroatoms. The maximum absolute atomic E-state index is 12.7. The number of hydrogen-bond donors (Lipinski definition) is 1. The maximum Gasteiger partial charge on any atom is 0.335 e. The predicted octanol–water partition coefficient (Wildman–Crippen LogP) is 1.59. The predicted molar refractivity (Wildman–Crippen MR) is 50.7 cm³/mol. The minimum atomic E-state index is -4.85. The topological polar surface area (TPSA) is 69.4 Å². The fourth-order valence-electron chi connectivity index (χ4n) is 0.901. The molecule has 0 bridgehead atoms. The molecule has 0 spiro atoms. The Hall–Kier alpha value is -1.01. The maximum atomic E-state index is 12.7. The summed E-state index contributed by atoms with van der Waals surface area (Å²) in [4.78, 5) is -0.626. The first-order valence-corrected chi connectivity index (χ1v) is 5.20. The molecule has 0 radical (unpaired) electrons. The van der Waals surface area contributed by atoms with Crippen molar-refractivity contribution < 1.29 is 17.0 Å². The second-order valence-corrected chi connectivity index (χ2v) is 4.19. The number of nitrogens with two attached hydrogens (primary N) is 1. The summed E-state index contributed by atoms with van der Waals surface area (Å²) in [5.74, 6) is -0.172. The zero-order valence-electron chi connectivity index (χ0n) is 7.12. The molecule has 1 aromatic carbocycles. The van der Waals surface area contributed by atoms with E-state index in [4.69, 9.17) is 17.3 Å². The molecule has 2 N–H and O–H groups in total. The first kappa shape index (κ1) is 11.1. The largest absolute Gasteiger partial charge is 0.495 e. The molecule has 4 nitrogen and oxygen atoms in total. The summed E-state index contributed by atoms with van der Waals surface area (Å²) in [6.07, 6.45) is 0. The summed E-state index contributed by atoms with van der Waals surface area (Å²) in [5, 5.41) is -0.0398. The number of rotatable bonds is 2. The fraction of sp³-hybridized carbons (Fsp3) is 0.143. The number of methoxy groups -OCH3 is 1. The number of ether oxygens (including phenoxy) is 1. The van der Waals surface area contributed by atoms with Crippen molar-refractivity contribution in [1.29, 1.82) is 0 Å². The lowest BCUT2D eigenvalue weighted by Gasteiger charge is -2.06. The molecule has 0 aliphatic heterocycles. The minimum Gasteiger partial charge on any atom is -0.495 e. The zero-order chi connectivity index (χ0) is 10.9. The first-order chi connectivity index (χ1) is 6.36. The van der Waals surface area contributed by atoms with E-state index in [1.165, 1.54) is 7.11 Å². The highest BCUT2D eigenvalue weighted by molar-refractivity contribution is 7.86. The Balaban J connectivity index is 3.51. The van der Waals surface area contributed by atoms with Gasteiger partial charge in [-0.3, -0.25) is 0 Å². The van der Waals surface area contributed by atoms with Crippen LogP contribution in [0.15, 0.2) is 17.0 Å². The van der Waals surface area contributed by atoms with Gasteiger partial charge in [0.2, 0.25) is 0 Å². The second-order valence-electron chi connectivity index (χ2n) is 2.46. The van der Waals surface area contributed by atoms with Crippen LogP contribution in [0.1, 0.15) is 0 Å². The summed E-state index contributed by atoms with van der Waals surface area (Å²) in [5.41, 5.74) is 5.50. The Morgan fingerprint density at radius 3 is 2.50 bits per heavy atom. The highest BCUT2D eigenvalue weighted by Gasteiger charge is 2.20. The molecule has 0 unspecified atom stereocenters. The summed E-state index contributed by atoms with van der Waals surface area (Å²) in [7, 11) is -3.64. The second kappa shape index (κ2) is 3.62. The average Bonchev–Trinajstić information content (AvgIpc) is 2.07. The molecule has 1 aromatic rings. The summed E-state index contributed by atoms with van der Waals surface area (Å²) < 4.78 is 38.6. The highest BCUT2D eigenvalue weighted by atomic mass is 35.5. The third-order valence-electron chi connectivity index (χ3n) is 1.55. The van der Waals surface area contributed by atoms with E-state index in [1.54, 1.807) is 0 Å². The third-order valence-corrected chi connectivity index (χ3v) is 2.72. The van der Waals surface area contributed by atoms with Gasteiger partial charge >= 0.3 is 10.2 Å². The summed E-state index contributed by atoms with van der Waals surface area (Å²) in [6, 6.07) is 2.06. The van der Waals surface area contributed by atoms with Gasteiger partial charge < -0.3 is 10.5 Å². The molecule has 0 amide bonds. The molecule has 0 saturated heterocycles. The number of halogens is 2. The van der Waals surface area contributed by atoms with E-state index < -0.39 is 15.1 Å². The van der Waals surface area contributed by atoms with Crippen LogP contribution in [0.2, 0.25) is 5.02 Å². The van der Waals surface area contributed by atoms with Crippen LogP contribution in [0.3, 0.4) is 0 Å². The number of hydrogen-bond acceptors (Lipinski definition) is 4. The Bertz CT molecular complexity index is 460. The van der Waals surface area contributed by atoms with Crippen LogP contribution in [-0.4, -0.2) is 15.5 Å². The molecule has 78 valence electrons. The fourth-order valence-corrected chi connectivity index (χ4v) is 1.77. The molecule has 0 aliphatic rings. The van der Waals surface area contributed by atoms with Gasteiger partial charge in [0.05, 0.1) is 17.8 Å². The van der Waals surface area contributed by atoms with Gasteiger partial charge in [-0.05, 0) is 6.07 Å². The SMILES string of the molecule is COc1cc(N)c(Cl)cc1S(=O)(=O)F. The van der Waals surface area contributed by atoms with Crippen LogP contribution in [0.25, 0.3) is 0 Å². The van der Waals surface area contributed by atoms with Gasteiger partial charge in [-0.2, -0.15) is 8.42 Å². The van der Waals surface area contributed by atoms with Crippen LogP contribution in [0, 0.1) is 0 Å². The molecule has 0 fully saturated rings. The van der Waals surface area contributed by atoms with Crippen molar-refractivity contribution in [1.82, 2.24) is 0 Å². The molecule has 0 saturated carbocycles. The number of nitrogen functional groups attached to an aromatic ring is 1. The van der Waals surface area contributed by atoms with Crippen LogP contribution in [0.5, 0.6) is 5.75 Å². The van der Waals surface area contributed by atoms with Crippen LogP contribution in [-0.2, 0) is 10.2 Å². The van der Waals surface area contributed by atoms with Crippen LogP contribution >= 0.6 is 11.6 Å². The summed E-state index contributed by atoms with van der Waals surface area (Å²) >= 11 is 5.54. The van der Waals surface area contributed by atoms with E-state index in [-0.39, 0.29) is 16.5 Å². The van der Waals surface area contributed by atoms with Gasteiger partial charge in [-0.15, -0.1) is 3.89 Å². The van der Waals surface area contributed by atoms with E-state index in [2.05, 4.69) is 4.74 Å². The molecular weight excluding hydrogens is 233 g/mol. The molecule has 0 atom stereocenters. The van der Waals surface area contributed by atoms with Crippen molar-refractivity contribution in [2.24, 2.45) is 0 Å². The van der Waals surface area contributed by atoms with E-state index >= 15 is 0 Å². The Morgan fingerprint density at radius 1 is 1.50 bits per heavy atom.